The van der Waals surface area contributed by atoms with Crippen molar-refractivity contribution in [3.8, 4) is 11.5 Å². The maximum absolute atomic E-state index is 6.56. The normalized spacial score (nSPS) is 14.6. The highest BCUT2D eigenvalue weighted by molar-refractivity contribution is 5.61. The van der Waals surface area contributed by atoms with Gasteiger partial charge in [0.15, 0.2) is 0 Å². The second-order valence-electron chi connectivity index (χ2n) is 12.4. The number of pyridine rings is 2. The Labute approximate surface area is 233 Å². The van der Waals surface area contributed by atoms with E-state index in [2.05, 4.69) is 126 Å². The monoisotopic (exact) mass is 523 g/mol. The van der Waals surface area contributed by atoms with Gasteiger partial charge in [-0.1, -0.05) is 40.7 Å². The molecule has 5 rings (SSSR count). The highest BCUT2D eigenvalue weighted by Gasteiger charge is 2.31. The average Bonchev–Trinajstić information content (AvgIpc) is 3.32. The van der Waals surface area contributed by atoms with E-state index in [1.807, 2.05) is 12.3 Å². The summed E-state index contributed by atoms with van der Waals surface area (Å²) in [5, 5.41) is 0. The third-order valence-corrected chi connectivity index (χ3v) is 8.33. The van der Waals surface area contributed by atoms with E-state index in [1.165, 1.54) is 17.0 Å². The first-order valence-electron chi connectivity index (χ1n) is 13.7. The van der Waals surface area contributed by atoms with Crippen molar-refractivity contribution in [1.82, 2.24) is 19.3 Å². The van der Waals surface area contributed by atoms with Crippen LogP contribution >= 0.6 is 0 Å². The molecule has 6 heteroatoms. The Kier molecular flexibility index (Phi) is 6.48. The molecule has 0 atom stereocenters. The molecule has 0 saturated carbocycles. The molecule has 0 bridgehead atoms. The van der Waals surface area contributed by atoms with E-state index in [4.69, 9.17) is 14.7 Å². The Morgan fingerprint density at radius 3 is 2.28 bits per heavy atom. The number of nitrogens with zero attached hydrogens (tertiary/aromatic N) is 5. The number of rotatable bonds is 5. The van der Waals surface area contributed by atoms with E-state index >= 15 is 0 Å². The van der Waals surface area contributed by atoms with E-state index in [1.54, 1.807) is 0 Å². The third-order valence-electron chi connectivity index (χ3n) is 8.33. The summed E-state index contributed by atoms with van der Waals surface area (Å²) in [4.78, 5) is 14.4. The number of hydrogen-bond donors (Lipinski definition) is 0. The fourth-order valence-corrected chi connectivity index (χ4v) is 5.26. The van der Waals surface area contributed by atoms with E-state index < -0.39 is 5.41 Å². The Hall–Kier alpha value is -3.80. The lowest BCUT2D eigenvalue weighted by Gasteiger charge is -2.28. The molecule has 0 radical (unpaired) electrons. The summed E-state index contributed by atoms with van der Waals surface area (Å²) in [6.07, 6.45) is 3.98. The van der Waals surface area contributed by atoms with Crippen molar-refractivity contribution in [3.63, 3.8) is 0 Å². The maximum atomic E-state index is 6.56. The summed E-state index contributed by atoms with van der Waals surface area (Å²) < 4.78 is 8.72. The zero-order valence-electron chi connectivity index (χ0n) is 25.0. The molecule has 204 valence electrons. The lowest BCUT2D eigenvalue weighted by Crippen LogP contribution is -2.24. The van der Waals surface area contributed by atoms with Crippen molar-refractivity contribution >= 4 is 11.3 Å². The first kappa shape index (κ1) is 26.8. The van der Waals surface area contributed by atoms with Crippen LogP contribution in [0.4, 0.5) is 5.69 Å². The van der Waals surface area contributed by atoms with Crippen LogP contribution in [-0.4, -0.2) is 33.0 Å². The molecule has 3 aromatic heterocycles. The second kappa shape index (κ2) is 9.44. The zero-order valence-corrected chi connectivity index (χ0v) is 25.0. The lowest BCUT2D eigenvalue weighted by atomic mass is 9.79. The minimum atomic E-state index is -0.395. The molecule has 6 nitrogen and oxygen atoms in total. The van der Waals surface area contributed by atoms with Crippen molar-refractivity contribution in [2.75, 3.05) is 18.6 Å². The average molecular weight is 524 g/mol. The van der Waals surface area contributed by atoms with Crippen molar-refractivity contribution < 1.29 is 4.74 Å². The van der Waals surface area contributed by atoms with Crippen LogP contribution in [0.2, 0.25) is 0 Å². The number of allylic oxidation sites excluding steroid dienone is 2. The molecule has 1 aliphatic heterocycles. The van der Waals surface area contributed by atoms with Crippen LogP contribution in [0, 0.1) is 13.8 Å². The van der Waals surface area contributed by atoms with E-state index in [0.29, 0.717) is 0 Å². The molecule has 0 N–H and O–H groups in total. The summed E-state index contributed by atoms with van der Waals surface area (Å²) in [5.74, 6) is 1.58. The minimum Gasteiger partial charge on any atom is -0.456 e. The highest BCUT2D eigenvalue weighted by atomic mass is 16.5. The SMILES string of the molecule is CC1=C(C)N(c2cccc(Oc3cc(C(C)(C)c4cc(C(C)(C)C)ccn4)c4nc(C)c(C)n4c3)c2)CN1C. The summed E-state index contributed by atoms with van der Waals surface area (Å²) in [5.41, 5.74) is 9.73. The second-order valence-corrected chi connectivity index (χ2v) is 12.4. The first-order valence-corrected chi connectivity index (χ1v) is 13.7. The van der Waals surface area contributed by atoms with Crippen LogP contribution in [0.15, 0.2) is 66.3 Å². The highest BCUT2D eigenvalue weighted by Crippen LogP contribution is 2.39. The van der Waals surface area contributed by atoms with Crippen LogP contribution in [0.3, 0.4) is 0 Å². The van der Waals surface area contributed by atoms with Gasteiger partial charge in [-0.3, -0.25) is 4.98 Å². The van der Waals surface area contributed by atoms with E-state index in [9.17, 15) is 0 Å². The van der Waals surface area contributed by atoms with E-state index in [0.717, 1.165) is 52.1 Å². The molecular formula is C33H41N5O. The quantitative estimate of drug-likeness (QED) is 0.268. The molecule has 1 aromatic carbocycles. The van der Waals surface area contributed by atoms with Crippen molar-refractivity contribution in [3.05, 3.63) is 94.5 Å². The molecule has 4 heterocycles. The van der Waals surface area contributed by atoms with Gasteiger partial charge in [0.25, 0.3) is 0 Å². The summed E-state index contributed by atoms with van der Waals surface area (Å²) in [6.45, 7) is 20.5. The van der Waals surface area contributed by atoms with Crippen LogP contribution in [0.25, 0.3) is 5.65 Å². The number of imidazole rings is 1. The Morgan fingerprint density at radius 1 is 0.872 bits per heavy atom. The van der Waals surface area contributed by atoms with Gasteiger partial charge in [0.1, 0.15) is 17.1 Å². The summed E-state index contributed by atoms with van der Waals surface area (Å²) in [7, 11) is 2.12. The van der Waals surface area contributed by atoms with Gasteiger partial charge < -0.3 is 18.9 Å². The van der Waals surface area contributed by atoms with Crippen molar-refractivity contribution in [1.29, 1.82) is 0 Å². The summed E-state index contributed by atoms with van der Waals surface area (Å²) in [6, 6.07) is 14.8. The Morgan fingerprint density at radius 2 is 1.62 bits per heavy atom. The Bertz CT molecular complexity index is 1590. The van der Waals surface area contributed by atoms with Crippen LogP contribution in [-0.2, 0) is 10.8 Å². The first-order chi connectivity index (χ1) is 18.3. The number of aromatic nitrogens is 3. The van der Waals surface area contributed by atoms with Crippen LogP contribution in [0.5, 0.6) is 11.5 Å². The van der Waals surface area contributed by atoms with Gasteiger partial charge in [-0.05, 0) is 69.0 Å². The number of ether oxygens (including phenoxy) is 1. The van der Waals surface area contributed by atoms with Gasteiger partial charge in [0, 0.05) is 53.1 Å². The van der Waals surface area contributed by atoms with Crippen molar-refractivity contribution in [2.24, 2.45) is 0 Å². The molecule has 4 aromatic rings. The minimum absolute atomic E-state index is 0.0375. The molecular weight excluding hydrogens is 482 g/mol. The molecule has 0 aliphatic carbocycles. The smallest absolute Gasteiger partial charge is 0.144 e. The van der Waals surface area contributed by atoms with Gasteiger partial charge >= 0.3 is 0 Å². The molecule has 1 aliphatic rings. The summed E-state index contributed by atoms with van der Waals surface area (Å²) >= 11 is 0. The van der Waals surface area contributed by atoms with Gasteiger partial charge in [-0.15, -0.1) is 0 Å². The number of fused-ring (bicyclic) bond motifs is 1. The van der Waals surface area contributed by atoms with Gasteiger partial charge in [-0.2, -0.15) is 0 Å². The number of anilines is 1. The third kappa shape index (κ3) is 4.77. The van der Waals surface area contributed by atoms with E-state index in [-0.39, 0.29) is 5.41 Å². The molecule has 0 amide bonds. The standard InChI is InChI=1S/C33H41N5O/c1-21-22(2)37-19-28(39-27-13-11-12-26(17-27)38-20-36(10)23(3)24(38)4)18-29(31(37)35-21)33(8,9)30-16-25(14-15-34-30)32(5,6)7/h11-19H,20H2,1-10H3. The van der Waals surface area contributed by atoms with Crippen LogP contribution in [0.1, 0.15) is 76.7 Å². The number of benzene rings is 1. The molecule has 0 fully saturated rings. The predicted molar refractivity (Wildman–Crippen MR) is 160 cm³/mol. The fourth-order valence-electron chi connectivity index (χ4n) is 5.26. The molecule has 0 spiro atoms. The van der Waals surface area contributed by atoms with Crippen LogP contribution < -0.4 is 9.64 Å². The van der Waals surface area contributed by atoms with Gasteiger partial charge in [0.2, 0.25) is 0 Å². The van der Waals surface area contributed by atoms with Gasteiger partial charge in [-0.25, -0.2) is 4.98 Å². The fraction of sp³-hybridized carbons (Fsp3) is 0.394. The topological polar surface area (TPSA) is 45.9 Å². The van der Waals surface area contributed by atoms with Crippen molar-refractivity contribution in [2.45, 2.75) is 73.1 Å². The molecule has 0 unspecified atom stereocenters. The number of hydrogen-bond acceptors (Lipinski definition) is 5. The van der Waals surface area contributed by atoms with Gasteiger partial charge in [0.05, 0.1) is 24.3 Å². The zero-order chi connectivity index (χ0) is 28.3. The Balaban J connectivity index is 1.58. The maximum Gasteiger partial charge on any atom is 0.144 e. The molecule has 39 heavy (non-hydrogen) atoms. The number of aryl methyl sites for hydroxylation is 2. The predicted octanol–water partition coefficient (Wildman–Crippen LogP) is 7.72. The molecule has 0 saturated heterocycles. The largest absolute Gasteiger partial charge is 0.456 e. The lowest BCUT2D eigenvalue weighted by molar-refractivity contribution is 0.458.